The molecule has 2 atom stereocenters. The summed E-state index contributed by atoms with van der Waals surface area (Å²) in [5.41, 5.74) is 3.86. The van der Waals surface area contributed by atoms with Gasteiger partial charge in [-0.2, -0.15) is 0 Å². The average molecular weight is 587 g/mol. The molecule has 3 aromatic rings. The van der Waals surface area contributed by atoms with Crippen molar-refractivity contribution in [1.29, 1.82) is 0 Å². The van der Waals surface area contributed by atoms with E-state index in [0.29, 0.717) is 11.3 Å². The number of rotatable bonds is 21. The summed E-state index contributed by atoms with van der Waals surface area (Å²) in [5.74, 6) is 0.974. The van der Waals surface area contributed by atoms with Crippen LogP contribution in [0.5, 0.6) is 11.5 Å². The third kappa shape index (κ3) is 12.6. The van der Waals surface area contributed by atoms with E-state index in [1.807, 2.05) is 48.5 Å². The zero-order valence-electron chi connectivity index (χ0n) is 27.1. The molecule has 3 rings (SSSR count). The number of benzene rings is 3. The first-order valence-corrected chi connectivity index (χ1v) is 16.8. The number of hydrogen-bond donors (Lipinski definition) is 0. The highest BCUT2D eigenvalue weighted by Crippen LogP contribution is 2.26. The smallest absolute Gasteiger partial charge is 0.343 e. The van der Waals surface area contributed by atoms with Crippen LogP contribution in [0, 0.1) is 0 Å². The second kappa shape index (κ2) is 20.0. The van der Waals surface area contributed by atoms with Crippen LogP contribution in [0.2, 0.25) is 0 Å². The highest BCUT2D eigenvalue weighted by atomic mass is 16.5. The maximum atomic E-state index is 12.8. The van der Waals surface area contributed by atoms with Gasteiger partial charge in [-0.05, 0) is 85.7 Å². The van der Waals surface area contributed by atoms with Crippen molar-refractivity contribution >= 4 is 5.97 Å². The van der Waals surface area contributed by atoms with Gasteiger partial charge in [-0.15, -0.1) is 0 Å². The van der Waals surface area contributed by atoms with Gasteiger partial charge in [-0.25, -0.2) is 4.79 Å². The average Bonchev–Trinajstić information content (AvgIpc) is 3.03. The Balaban J connectivity index is 1.47. The first-order chi connectivity index (χ1) is 21.0. The molecule has 0 aromatic heterocycles. The molecule has 0 N–H and O–H groups in total. The van der Waals surface area contributed by atoms with Crippen LogP contribution in [0.25, 0.3) is 11.1 Å². The molecule has 0 spiro atoms. The monoisotopic (exact) mass is 586 g/mol. The number of hydrogen-bond acceptors (Lipinski definition) is 4. The van der Waals surface area contributed by atoms with E-state index in [4.69, 9.17) is 14.2 Å². The molecule has 0 heterocycles. The molecule has 234 valence electrons. The lowest BCUT2D eigenvalue weighted by Gasteiger charge is -2.19. The van der Waals surface area contributed by atoms with Gasteiger partial charge in [0.1, 0.15) is 11.5 Å². The van der Waals surface area contributed by atoms with Gasteiger partial charge in [0.25, 0.3) is 0 Å². The fourth-order valence-corrected chi connectivity index (χ4v) is 5.31. The van der Waals surface area contributed by atoms with E-state index in [1.54, 1.807) is 0 Å². The van der Waals surface area contributed by atoms with E-state index in [2.05, 4.69) is 52.0 Å². The summed E-state index contributed by atoms with van der Waals surface area (Å²) in [5, 5.41) is 0. The van der Waals surface area contributed by atoms with Gasteiger partial charge in [-0.1, -0.05) is 115 Å². The molecular weight excluding hydrogens is 532 g/mol. The minimum absolute atomic E-state index is 0.0799. The number of unbranched alkanes of at least 4 members (excludes halogenated alkanes) is 8. The SMILES string of the molecule is CCCCCCCCC(CCC)Oc1ccc(OC(=O)c2ccc(-c3ccc(C(C)OCCCCCC)cc3)cc2)cc1. The summed E-state index contributed by atoms with van der Waals surface area (Å²) in [7, 11) is 0. The molecule has 3 aromatic carbocycles. The molecular formula is C39H54O4. The standard InChI is InChI=1S/C39H54O4/c1-5-8-10-12-13-14-17-36(16-7-3)42-37-26-28-38(29-27-37)43-39(40)35-24-22-34(23-25-35)33-20-18-32(19-21-33)31(4)41-30-15-11-9-6-2/h18-29,31,36H,5-17,30H2,1-4H3. The van der Waals surface area contributed by atoms with Crippen molar-refractivity contribution in [2.75, 3.05) is 6.61 Å². The molecule has 0 amide bonds. The van der Waals surface area contributed by atoms with Crippen LogP contribution in [0.4, 0.5) is 0 Å². The van der Waals surface area contributed by atoms with E-state index in [-0.39, 0.29) is 18.2 Å². The van der Waals surface area contributed by atoms with Crippen molar-refractivity contribution in [2.24, 2.45) is 0 Å². The van der Waals surface area contributed by atoms with Gasteiger partial charge < -0.3 is 14.2 Å². The summed E-state index contributed by atoms with van der Waals surface area (Å²) in [4.78, 5) is 12.8. The summed E-state index contributed by atoms with van der Waals surface area (Å²) in [6.07, 6.45) is 16.2. The lowest BCUT2D eigenvalue weighted by atomic mass is 10.0. The zero-order valence-corrected chi connectivity index (χ0v) is 27.1. The molecule has 0 saturated heterocycles. The Labute approximate surface area is 261 Å². The first kappa shape index (κ1) is 34.4. The Morgan fingerprint density at radius 3 is 1.79 bits per heavy atom. The normalized spacial score (nSPS) is 12.6. The molecule has 0 radical (unpaired) electrons. The van der Waals surface area contributed by atoms with Gasteiger partial charge in [0.2, 0.25) is 0 Å². The maximum absolute atomic E-state index is 12.8. The summed E-state index contributed by atoms with van der Waals surface area (Å²) >= 11 is 0. The molecule has 0 fully saturated rings. The van der Waals surface area contributed by atoms with Crippen molar-refractivity contribution in [3.05, 3.63) is 83.9 Å². The molecule has 0 saturated carbocycles. The molecule has 43 heavy (non-hydrogen) atoms. The van der Waals surface area contributed by atoms with E-state index in [1.165, 1.54) is 63.4 Å². The van der Waals surface area contributed by atoms with Crippen LogP contribution >= 0.6 is 0 Å². The van der Waals surface area contributed by atoms with Gasteiger partial charge >= 0.3 is 5.97 Å². The second-order valence-corrected chi connectivity index (χ2v) is 11.7. The van der Waals surface area contributed by atoms with Gasteiger partial charge in [-0.3, -0.25) is 0 Å². The molecule has 4 heteroatoms. The maximum Gasteiger partial charge on any atom is 0.343 e. The number of carbonyl (C=O) groups is 1. The van der Waals surface area contributed by atoms with Crippen molar-refractivity contribution in [3.63, 3.8) is 0 Å². The Bertz CT molecular complexity index is 1150. The zero-order chi connectivity index (χ0) is 30.7. The highest BCUT2D eigenvalue weighted by Gasteiger charge is 2.13. The third-order valence-electron chi connectivity index (χ3n) is 8.03. The number of esters is 1. The van der Waals surface area contributed by atoms with Gasteiger partial charge in [0.05, 0.1) is 17.8 Å². The fraction of sp³-hybridized carbons (Fsp3) is 0.513. The molecule has 4 nitrogen and oxygen atoms in total. The molecule has 2 unspecified atom stereocenters. The van der Waals surface area contributed by atoms with E-state index in [0.717, 1.165) is 49.2 Å². The minimum atomic E-state index is -0.368. The van der Waals surface area contributed by atoms with E-state index in [9.17, 15) is 4.79 Å². The van der Waals surface area contributed by atoms with E-state index >= 15 is 0 Å². The fourth-order valence-electron chi connectivity index (χ4n) is 5.31. The lowest BCUT2D eigenvalue weighted by Crippen LogP contribution is -2.16. The van der Waals surface area contributed by atoms with Crippen LogP contribution in [0.1, 0.15) is 133 Å². The minimum Gasteiger partial charge on any atom is -0.490 e. The van der Waals surface area contributed by atoms with Crippen LogP contribution in [0.15, 0.2) is 72.8 Å². The van der Waals surface area contributed by atoms with Crippen LogP contribution in [-0.2, 0) is 4.74 Å². The third-order valence-corrected chi connectivity index (χ3v) is 8.03. The molecule has 0 aliphatic rings. The number of carbonyl (C=O) groups excluding carboxylic acids is 1. The van der Waals surface area contributed by atoms with Crippen LogP contribution in [0.3, 0.4) is 0 Å². The van der Waals surface area contributed by atoms with Crippen molar-refractivity contribution in [1.82, 2.24) is 0 Å². The molecule has 0 aliphatic carbocycles. The van der Waals surface area contributed by atoms with Gasteiger partial charge in [0, 0.05) is 6.61 Å². The molecule has 0 aliphatic heterocycles. The summed E-state index contributed by atoms with van der Waals surface area (Å²) < 4.78 is 18.0. The predicted octanol–water partition coefficient (Wildman–Crippen LogP) is 11.5. The Morgan fingerprint density at radius 1 is 0.605 bits per heavy atom. The van der Waals surface area contributed by atoms with Crippen molar-refractivity contribution in [3.8, 4) is 22.6 Å². The van der Waals surface area contributed by atoms with Crippen molar-refractivity contribution in [2.45, 2.75) is 123 Å². The van der Waals surface area contributed by atoms with Gasteiger partial charge in [0.15, 0.2) is 0 Å². The van der Waals surface area contributed by atoms with Crippen LogP contribution < -0.4 is 9.47 Å². The highest BCUT2D eigenvalue weighted by molar-refractivity contribution is 5.91. The van der Waals surface area contributed by atoms with E-state index < -0.39 is 0 Å². The predicted molar refractivity (Wildman–Crippen MR) is 179 cm³/mol. The quantitative estimate of drug-likeness (QED) is 0.0707. The summed E-state index contributed by atoms with van der Waals surface area (Å²) in [6, 6.07) is 23.5. The Kier molecular flexibility index (Phi) is 16.0. The van der Waals surface area contributed by atoms with Crippen molar-refractivity contribution < 1.29 is 19.0 Å². The second-order valence-electron chi connectivity index (χ2n) is 11.7. The summed E-state index contributed by atoms with van der Waals surface area (Å²) in [6.45, 7) is 9.59. The Morgan fingerprint density at radius 2 is 1.16 bits per heavy atom. The largest absolute Gasteiger partial charge is 0.490 e. The first-order valence-electron chi connectivity index (χ1n) is 16.8. The van der Waals surface area contributed by atoms with Crippen LogP contribution in [-0.4, -0.2) is 18.7 Å². The number of ether oxygens (including phenoxy) is 3. The topological polar surface area (TPSA) is 44.8 Å². The molecule has 0 bridgehead atoms. The Hall–Kier alpha value is -3.11. The lowest BCUT2D eigenvalue weighted by molar-refractivity contribution is 0.0628.